The molecule has 3 atom stereocenters. The van der Waals surface area contributed by atoms with Crippen molar-refractivity contribution in [3.8, 4) is 0 Å². The molecule has 2 fully saturated rings. The van der Waals surface area contributed by atoms with Crippen molar-refractivity contribution in [1.29, 1.82) is 0 Å². The molecule has 1 amide bonds. The molecule has 2 aliphatic rings. The molecule has 5 heteroatoms. The van der Waals surface area contributed by atoms with Gasteiger partial charge >= 0.3 is 0 Å². The molecular weight excluding hydrogens is 372 g/mol. The fraction of sp³-hybridized carbons (Fsp3) is 0.696. The van der Waals surface area contributed by atoms with Crippen molar-refractivity contribution >= 4 is 18.3 Å². The van der Waals surface area contributed by atoms with Crippen molar-refractivity contribution in [1.82, 2.24) is 5.32 Å². The molecule has 0 heterocycles. The Kier molecular flexibility index (Phi) is 9.26. The maximum Gasteiger partial charge on any atom is 0.223 e. The molecule has 2 saturated carbocycles. The van der Waals surface area contributed by atoms with Crippen LogP contribution < -0.4 is 11.1 Å². The summed E-state index contributed by atoms with van der Waals surface area (Å²) in [5.41, 5.74) is 7.77. The Morgan fingerprint density at radius 1 is 1.18 bits per heavy atom. The van der Waals surface area contributed by atoms with Gasteiger partial charge in [-0.3, -0.25) is 4.79 Å². The molecule has 0 aliphatic heterocycles. The fourth-order valence-corrected chi connectivity index (χ4v) is 4.88. The van der Waals surface area contributed by atoms with Crippen LogP contribution in [0.5, 0.6) is 0 Å². The van der Waals surface area contributed by atoms with E-state index in [4.69, 9.17) is 10.5 Å². The molecular formula is C23H37ClN2O2. The van der Waals surface area contributed by atoms with Gasteiger partial charge in [0, 0.05) is 30.5 Å². The number of carbonyl (C=O) groups is 1. The number of amides is 1. The lowest BCUT2D eigenvalue weighted by Gasteiger charge is -2.39. The van der Waals surface area contributed by atoms with Gasteiger partial charge in [-0.25, -0.2) is 0 Å². The van der Waals surface area contributed by atoms with E-state index in [1.807, 2.05) is 0 Å². The van der Waals surface area contributed by atoms with Gasteiger partial charge in [0.25, 0.3) is 0 Å². The predicted octanol–water partition coefficient (Wildman–Crippen LogP) is 4.35. The summed E-state index contributed by atoms with van der Waals surface area (Å²) >= 11 is 0. The van der Waals surface area contributed by atoms with Crippen LogP contribution in [-0.4, -0.2) is 31.2 Å². The van der Waals surface area contributed by atoms with E-state index in [2.05, 4.69) is 42.6 Å². The number of nitrogens with two attached hydrogens (primary N) is 1. The standard InChI is InChI=1S/C23H36N2O2.ClH/c1-2-15-27-21-12-11-18(16-20(21)24)22(26)25-17-23(13-7-4-8-14-23)19-9-5-3-6-10-19;/h3,5-6,9-10,18,20-21H,2,4,7-8,11-17,24H2,1H3,(H,25,26);1H/t18-,20+,21+;/m0./s1. The number of benzene rings is 1. The molecule has 28 heavy (non-hydrogen) atoms. The quantitative estimate of drug-likeness (QED) is 0.704. The van der Waals surface area contributed by atoms with Crippen LogP contribution in [0.25, 0.3) is 0 Å². The number of hydrogen-bond donors (Lipinski definition) is 2. The van der Waals surface area contributed by atoms with Gasteiger partial charge in [0.2, 0.25) is 5.91 Å². The molecule has 2 aliphatic carbocycles. The summed E-state index contributed by atoms with van der Waals surface area (Å²) in [4.78, 5) is 12.9. The first-order chi connectivity index (χ1) is 13.1. The zero-order valence-corrected chi connectivity index (χ0v) is 18.0. The number of halogens is 1. The predicted molar refractivity (Wildman–Crippen MR) is 117 cm³/mol. The third-order valence-corrected chi connectivity index (χ3v) is 6.54. The van der Waals surface area contributed by atoms with Crippen molar-refractivity contribution < 1.29 is 9.53 Å². The third kappa shape index (κ3) is 5.71. The first-order valence-electron chi connectivity index (χ1n) is 10.8. The lowest BCUT2D eigenvalue weighted by atomic mass is 9.69. The minimum Gasteiger partial charge on any atom is -0.377 e. The monoisotopic (exact) mass is 408 g/mol. The Balaban J connectivity index is 0.00000280. The number of ether oxygens (including phenoxy) is 1. The second-order valence-corrected chi connectivity index (χ2v) is 8.51. The molecule has 1 aromatic rings. The molecule has 158 valence electrons. The van der Waals surface area contributed by atoms with Gasteiger partial charge in [0.05, 0.1) is 6.10 Å². The summed E-state index contributed by atoms with van der Waals surface area (Å²) in [6.45, 7) is 3.62. The van der Waals surface area contributed by atoms with Gasteiger partial charge in [-0.05, 0) is 44.1 Å². The number of nitrogens with one attached hydrogen (secondary N) is 1. The van der Waals surface area contributed by atoms with E-state index in [0.29, 0.717) is 0 Å². The van der Waals surface area contributed by atoms with Crippen molar-refractivity contribution in [3.05, 3.63) is 35.9 Å². The second-order valence-electron chi connectivity index (χ2n) is 8.51. The lowest BCUT2D eigenvalue weighted by Crippen LogP contribution is -2.48. The topological polar surface area (TPSA) is 64.3 Å². The molecule has 0 saturated heterocycles. The van der Waals surface area contributed by atoms with E-state index in [1.54, 1.807) is 0 Å². The van der Waals surface area contributed by atoms with Gasteiger partial charge < -0.3 is 15.8 Å². The smallest absolute Gasteiger partial charge is 0.223 e. The Hall–Kier alpha value is -1.10. The zero-order chi connectivity index (χ0) is 19.1. The highest BCUT2D eigenvalue weighted by Crippen LogP contribution is 2.39. The van der Waals surface area contributed by atoms with Gasteiger partial charge in [-0.2, -0.15) is 0 Å². The van der Waals surface area contributed by atoms with E-state index in [-0.39, 0.29) is 41.8 Å². The third-order valence-electron chi connectivity index (χ3n) is 6.54. The number of hydrogen-bond acceptors (Lipinski definition) is 3. The molecule has 0 aromatic heterocycles. The van der Waals surface area contributed by atoms with Gasteiger partial charge in [0.1, 0.15) is 0 Å². The maximum atomic E-state index is 12.9. The summed E-state index contributed by atoms with van der Waals surface area (Å²) < 4.78 is 5.84. The highest BCUT2D eigenvalue weighted by Gasteiger charge is 2.36. The van der Waals surface area contributed by atoms with E-state index in [1.165, 1.54) is 24.8 Å². The Bertz CT molecular complexity index is 590. The number of rotatable bonds is 7. The maximum absolute atomic E-state index is 12.9. The molecule has 4 nitrogen and oxygen atoms in total. The van der Waals surface area contributed by atoms with Gasteiger partial charge in [-0.1, -0.05) is 56.5 Å². The molecule has 1 aromatic carbocycles. The van der Waals surface area contributed by atoms with Crippen LogP contribution in [0.4, 0.5) is 0 Å². The van der Waals surface area contributed by atoms with Crippen LogP contribution in [0.15, 0.2) is 30.3 Å². The van der Waals surface area contributed by atoms with E-state index in [0.717, 1.165) is 51.7 Å². The van der Waals surface area contributed by atoms with Crippen LogP contribution in [-0.2, 0) is 14.9 Å². The number of carbonyl (C=O) groups excluding carboxylic acids is 1. The SMILES string of the molecule is CCCO[C@@H]1CC[C@H](C(=O)NCC2(c3ccccc3)CCCCC2)C[C@H]1N.Cl. The lowest BCUT2D eigenvalue weighted by molar-refractivity contribution is -0.127. The minimum atomic E-state index is -0.0289. The molecule has 0 unspecified atom stereocenters. The molecule has 0 bridgehead atoms. The van der Waals surface area contributed by atoms with Crippen molar-refractivity contribution in [2.45, 2.75) is 82.3 Å². The summed E-state index contributed by atoms with van der Waals surface area (Å²) in [5, 5.41) is 3.30. The average molecular weight is 409 g/mol. The van der Waals surface area contributed by atoms with Crippen LogP contribution in [0.2, 0.25) is 0 Å². The first kappa shape index (κ1) is 23.2. The summed E-state index contributed by atoms with van der Waals surface area (Å²) in [6, 6.07) is 10.7. The van der Waals surface area contributed by atoms with Crippen LogP contribution >= 0.6 is 12.4 Å². The Morgan fingerprint density at radius 3 is 2.54 bits per heavy atom. The van der Waals surface area contributed by atoms with E-state index < -0.39 is 0 Å². The molecule has 3 N–H and O–H groups in total. The van der Waals surface area contributed by atoms with Crippen LogP contribution in [0.1, 0.15) is 70.3 Å². The highest BCUT2D eigenvalue weighted by molar-refractivity contribution is 5.85. The minimum absolute atomic E-state index is 0. The first-order valence-corrected chi connectivity index (χ1v) is 10.8. The normalized spacial score (nSPS) is 26.9. The highest BCUT2D eigenvalue weighted by atomic mass is 35.5. The van der Waals surface area contributed by atoms with Gasteiger partial charge in [-0.15, -0.1) is 12.4 Å². The fourth-order valence-electron chi connectivity index (χ4n) is 4.88. The summed E-state index contributed by atoms with van der Waals surface area (Å²) in [6.07, 6.45) is 9.75. The van der Waals surface area contributed by atoms with E-state index >= 15 is 0 Å². The molecule has 0 spiro atoms. The molecule has 0 radical (unpaired) electrons. The van der Waals surface area contributed by atoms with E-state index in [9.17, 15) is 4.79 Å². The Morgan fingerprint density at radius 2 is 1.89 bits per heavy atom. The largest absolute Gasteiger partial charge is 0.377 e. The van der Waals surface area contributed by atoms with Crippen LogP contribution in [0.3, 0.4) is 0 Å². The average Bonchev–Trinajstić information content (AvgIpc) is 2.72. The van der Waals surface area contributed by atoms with Crippen LogP contribution in [0, 0.1) is 5.92 Å². The van der Waals surface area contributed by atoms with Crippen molar-refractivity contribution in [2.24, 2.45) is 11.7 Å². The summed E-state index contributed by atoms with van der Waals surface area (Å²) in [7, 11) is 0. The summed E-state index contributed by atoms with van der Waals surface area (Å²) in [5.74, 6) is 0.207. The van der Waals surface area contributed by atoms with Gasteiger partial charge in [0.15, 0.2) is 0 Å². The molecule has 3 rings (SSSR count). The van der Waals surface area contributed by atoms with Crippen molar-refractivity contribution in [2.75, 3.05) is 13.2 Å². The van der Waals surface area contributed by atoms with Crippen molar-refractivity contribution in [3.63, 3.8) is 0 Å². The Labute approximate surface area is 176 Å². The zero-order valence-electron chi connectivity index (χ0n) is 17.2. The second kappa shape index (κ2) is 11.2.